The van der Waals surface area contributed by atoms with Crippen LogP contribution in [0.2, 0.25) is 0 Å². The van der Waals surface area contributed by atoms with Gasteiger partial charge in [-0.05, 0) is 36.3 Å². The maximum absolute atomic E-state index is 12.9. The van der Waals surface area contributed by atoms with E-state index in [9.17, 15) is 19.5 Å². The number of methoxy groups -OCH3 is 3. The van der Waals surface area contributed by atoms with Crippen LogP contribution in [0.25, 0.3) is 6.08 Å². The van der Waals surface area contributed by atoms with Crippen LogP contribution in [0.4, 0.5) is 0 Å². The molecule has 0 fully saturated rings. The molecular formula is C26H29NO9. The second-order valence-corrected chi connectivity index (χ2v) is 8.08. The molecule has 0 aliphatic carbocycles. The van der Waals surface area contributed by atoms with Gasteiger partial charge in [-0.25, -0.2) is 4.79 Å². The lowest BCUT2D eigenvalue weighted by atomic mass is 9.99. The molecule has 0 radical (unpaired) electrons. The van der Waals surface area contributed by atoms with Crippen molar-refractivity contribution in [3.8, 4) is 28.7 Å². The summed E-state index contributed by atoms with van der Waals surface area (Å²) < 4.78 is 27.4. The number of ether oxygens (including phenoxy) is 5. The number of aliphatic carboxylic acids is 1. The van der Waals surface area contributed by atoms with E-state index in [1.807, 2.05) is 6.92 Å². The predicted molar refractivity (Wildman–Crippen MR) is 130 cm³/mol. The number of fused-ring (bicyclic) bond motifs is 1. The van der Waals surface area contributed by atoms with Crippen LogP contribution in [-0.2, 0) is 9.59 Å². The largest absolute Gasteiger partial charge is 0.493 e. The van der Waals surface area contributed by atoms with Crippen LogP contribution in [0.1, 0.15) is 36.2 Å². The Morgan fingerprint density at radius 1 is 1.08 bits per heavy atom. The smallest absolute Gasteiger partial charge is 0.326 e. The average Bonchev–Trinajstić information content (AvgIpc) is 3.18. The summed E-state index contributed by atoms with van der Waals surface area (Å²) in [6.07, 6.45) is 2.14. The van der Waals surface area contributed by atoms with Gasteiger partial charge in [0.1, 0.15) is 17.5 Å². The van der Waals surface area contributed by atoms with Crippen molar-refractivity contribution >= 4 is 23.7 Å². The predicted octanol–water partition coefficient (Wildman–Crippen LogP) is 3.32. The molecule has 0 aromatic heterocycles. The minimum atomic E-state index is -1.10. The Balaban J connectivity index is 1.74. The molecule has 10 nitrogen and oxygen atoms in total. The SMILES string of the molecule is CC[C@H](C)[C@H](NC(=O)COc1ccc2c(c1)OC(=Cc1ccc(OC)c(OC)c1OC)C2=O)C(=O)O. The third kappa shape index (κ3) is 5.54. The van der Waals surface area contributed by atoms with Gasteiger partial charge in [0.2, 0.25) is 11.5 Å². The molecule has 192 valence electrons. The van der Waals surface area contributed by atoms with Gasteiger partial charge in [0, 0.05) is 11.6 Å². The van der Waals surface area contributed by atoms with E-state index in [4.69, 9.17) is 23.7 Å². The van der Waals surface area contributed by atoms with Gasteiger partial charge in [-0.2, -0.15) is 0 Å². The van der Waals surface area contributed by atoms with Crippen molar-refractivity contribution in [2.24, 2.45) is 5.92 Å². The van der Waals surface area contributed by atoms with E-state index in [1.165, 1.54) is 45.6 Å². The molecule has 1 heterocycles. The van der Waals surface area contributed by atoms with Crippen LogP contribution in [-0.4, -0.2) is 56.7 Å². The molecule has 2 aromatic carbocycles. The highest BCUT2D eigenvalue weighted by molar-refractivity contribution is 6.14. The minimum Gasteiger partial charge on any atom is -0.493 e. The summed E-state index contributed by atoms with van der Waals surface area (Å²) in [6, 6.07) is 6.97. The van der Waals surface area contributed by atoms with Gasteiger partial charge >= 0.3 is 5.97 Å². The van der Waals surface area contributed by atoms with E-state index < -0.39 is 24.5 Å². The maximum atomic E-state index is 12.9. The Labute approximate surface area is 208 Å². The Kier molecular flexibility index (Phi) is 8.42. The standard InChI is InChI=1S/C26H29NO9/c1-6-14(2)22(26(30)31)27-21(28)13-35-16-8-9-17-19(12-16)36-20(23(17)29)11-15-7-10-18(32-3)25(34-5)24(15)33-4/h7-12,14,22H,6,13H2,1-5H3,(H,27,28)(H,30,31)/t14-,22-/m0/s1. The molecule has 3 rings (SSSR count). The second kappa shape index (κ2) is 11.5. The molecule has 0 saturated carbocycles. The average molecular weight is 500 g/mol. The lowest BCUT2D eigenvalue weighted by Gasteiger charge is -2.20. The molecule has 0 unspecified atom stereocenters. The number of benzene rings is 2. The lowest BCUT2D eigenvalue weighted by Crippen LogP contribution is -2.46. The third-order valence-electron chi connectivity index (χ3n) is 5.83. The molecule has 2 atom stereocenters. The van der Waals surface area contributed by atoms with E-state index in [1.54, 1.807) is 19.1 Å². The number of hydrogen-bond donors (Lipinski definition) is 2. The van der Waals surface area contributed by atoms with Crippen LogP contribution in [0.15, 0.2) is 36.1 Å². The molecule has 10 heteroatoms. The number of hydrogen-bond acceptors (Lipinski definition) is 8. The number of carbonyl (C=O) groups is 3. The quantitative estimate of drug-likeness (QED) is 0.447. The molecule has 1 aliphatic heterocycles. The normalized spacial score (nSPS) is 14.9. The fourth-order valence-corrected chi connectivity index (χ4v) is 3.68. The second-order valence-electron chi connectivity index (χ2n) is 8.08. The number of carboxylic acid groups (broad SMARTS) is 1. The monoisotopic (exact) mass is 499 g/mol. The van der Waals surface area contributed by atoms with E-state index in [0.29, 0.717) is 34.8 Å². The number of rotatable bonds is 11. The van der Waals surface area contributed by atoms with Crippen LogP contribution in [0, 0.1) is 5.92 Å². The van der Waals surface area contributed by atoms with E-state index in [2.05, 4.69) is 5.32 Å². The molecular weight excluding hydrogens is 470 g/mol. The zero-order valence-corrected chi connectivity index (χ0v) is 20.7. The fourth-order valence-electron chi connectivity index (χ4n) is 3.68. The Morgan fingerprint density at radius 3 is 2.42 bits per heavy atom. The first-order valence-electron chi connectivity index (χ1n) is 11.3. The van der Waals surface area contributed by atoms with Crippen LogP contribution in [0.5, 0.6) is 28.7 Å². The Hall–Kier alpha value is -4.21. The summed E-state index contributed by atoms with van der Waals surface area (Å²) in [4.78, 5) is 36.5. The van der Waals surface area contributed by atoms with Crippen molar-refractivity contribution in [2.45, 2.75) is 26.3 Å². The summed E-state index contributed by atoms with van der Waals surface area (Å²) in [6.45, 7) is 3.20. The first-order chi connectivity index (χ1) is 17.2. The zero-order chi connectivity index (χ0) is 26.4. The van der Waals surface area contributed by atoms with Gasteiger partial charge in [-0.15, -0.1) is 0 Å². The highest BCUT2D eigenvalue weighted by atomic mass is 16.5. The van der Waals surface area contributed by atoms with E-state index in [0.717, 1.165) is 0 Å². The van der Waals surface area contributed by atoms with Crippen LogP contribution in [0.3, 0.4) is 0 Å². The summed E-state index contributed by atoms with van der Waals surface area (Å²) in [5, 5.41) is 11.8. The molecule has 0 bridgehead atoms. The van der Waals surface area contributed by atoms with Gasteiger partial charge in [0.15, 0.2) is 23.9 Å². The summed E-state index contributed by atoms with van der Waals surface area (Å²) in [7, 11) is 4.47. The third-order valence-corrected chi connectivity index (χ3v) is 5.83. The molecule has 2 N–H and O–H groups in total. The maximum Gasteiger partial charge on any atom is 0.326 e. The first-order valence-corrected chi connectivity index (χ1v) is 11.3. The zero-order valence-electron chi connectivity index (χ0n) is 20.7. The molecule has 2 aromatic rings. The fraction of sp³-hybridized carbons (Fsp3) is 0.346. The highest BCUT2D eigenvalue weighted by Crippen LogP contribution is 2.42. The minimum absolute atomic E-state index is 0.0725. The van der Waals surface area contributed by atoms with Crippen molar-refractivity contribution in [3.63, 3.8) is 0 Å². The van der Waals surface area contributed by atoms with Gasteiger partial charge in [0.25, 0.3) is 5.91 Å². The van der Waals surface area contributed by atoms with E-state index in [-0.39, 0.29) is 29.0 Å². The molecule has 1 aliphatic rings. The van der Waals surface area contributed by atoms with Gasteiger partial charge < -0.3 is 34.1 Å². The first kappa shape index (κ1) is 26.4. The number of allylic oxidation sites excluding steroid dienone is 1. The molecule has 0 spiro atoms. The molecule has 36 heavy (non-hydrogen) atoms. The van der Waals surface area contributed by atoms with Crippen molar-refractivity contribution in [2.75, 3.05) is 27.9 Å². The van der Waals surface area contributed by atoms with Gasteiger partial charge in [-0.1, -0.05) is 20.3 Å². The van der Waals surface area contributed by atoms with Gasteiger partial charge in [-0.3, -0.25) is 9.59 Å². The topological polar surface area (TPSA) is 130 Å². The summed E-state index contributed by atoms with van der Waals surface area (Å²) in [5.74, 6) is -0.373. The number of carbonyl (C=O) groups excluding carboxylic acids is 2. The molecule has 1 amide bonds. The van der Waals surface area contributed by atoms with Crippen LogP contribution < -0.4 is 29.0 Å². The number of amides is 1. The summed E-state index contributed by atoms with van der Waals surface area (Å²) in [5.41, 5.74) is 0.883. The Morgan fingerprint density at radius 2 is 1.81 bits per heavy atom. The van der Waals surface area contributed by atoms with Gasteiger partial charge in [0.05, 0.1) is 26.9 Å². The lowest BCUT2D eigenvalue weighted by molar-refractivity contribution is -0.143. The number of ketones is 1. The Bertz CT molecular complexity index is 1190. The van der Waals surface area contributed by atoms with E-state index >= 15 is 0 Å². The van der Waals surface area contributed by atoms with Crippen molar-refractivity contribution in [3.05, 3.63) is 47.2 Å². The molecule has 0 saturated heterocycles. The van der Waals surface area contributed by atoms with Crippen LogP contribution >= 0.6 is 0 Å². The number of nitrogens with one attached hydrogen (secondary N) is 1. The number of Topliss-reactive ketones (excluding diaryl/α,β-unsaturated/α-hetero) is 1. The summed E-state index contributed by atoms with van der Waals surface area (Å²) >= 11 is 0. The number of carboxylic acids is 1. The van der Waals surface area contributed by atoms with Crippen molar-refractivity contribution in [1.82, 2.24) is 5.32 Å². The van der Waals surface area contributed by atoms with Crippen molar-refractivity contribution in [1.29, 1.82) is 0 Å². The van der Waals surface area contributed by atoms with Crippen molar-refractivity contribution < 1.29 is 43.2 Å². The highest BCUT2D eigenvalue weighted by Gasteiger charge is 2.29.